The topological polar surface area (TPSA) is 95.6 Å². The molecule has 0 unspecified atom stereocenters. The van der Waals surface area contributed by atoms with E-state index in [0.29, 0.717) is 15.9 Å². The minimum atomic E-state index is -1.27. The minimum absolute atomic E-state index is 0.0799. The van der Waals surface area contributed by atoms with Crippen LogP contribution in [0.25, 0.3) is 16.9 Å². The molecule has 0 aliphatic heterocycles. The van der Waals surface area contributed by atoms with Gasteiger partial charge in [-0.05, 0) is 30.3 Å². The summed E-state index contributed by atoms with van der Waals surface area (Å²) in [4.78, 5) is 8.18. The van der Waals surface area contributed by atoms with Gasteiger partial charge in [-0.25, -0.2) is 13.2 Å². The second-order valence-electron chi connectivity index (χ2n) is 6.04. The Morgan fingerprint density at radius 3 is 2.32 bits per heavy atom. The van der Waals surface area contributed by atoms with E-state index in [4.69, 9.17) is 23.1 Å². The van der Waals surface area contributed by atoms with Crippen LogP contribution < -0.4 is 11.5 Å². The molecule has 2 aromatic heterocycles. The Labute approximate surface area is 161 Å². The molecule has 2 heterocycles. The van der Waals surface area contributed by atoms with Crippen LogP contribution in [0.1, 0.15) is 11.3 Å². The van der Waals surface area contributed by atoms with E-state index in [2.05, 4.69) is 15.1 Å². The molecule has 0 saturated carbocycles. The zero-order chi connectivity index (χ0) is 20.0. The number of anilines is 2. The van der Waals surface area contributed by atoms with Gasteiger partial charge in [-0.1, -0.05) is 11.6 Å². The van der Waals surface area contributed by atoms with Crippen molar-refractivity contribution in [2.24, 2.45) is 0 Å². The molecule has 142 valence electrons. The summed E-state index contributed by atoms with van der Waals surface area (Å²) in [6.07, 6.45) is -0.308. The molecular formula is C18H12ClF3N6. The van der Waals surface area contributed by atoms with Gasteiger partial charge in [0.25, 0.3) is 5.95 Å². The largest absolute Gasteiger partial charge is 0.383 e. The number of rotatable bonds is 3. The Morgan fingerprint density at radius 1 is 0.929 bits per heavy atom. The van der Waals surface area contributed by atoms with Crippen LogP contribution in [0.3, 0.4) is 0 Å². The molecule has 0 atom stereocenters. The summed E-state index contributed by atoms with van der Waals surface area (Å²) in [5.41, 5.74) is 11.8. The van der Waals surface area contributed by atoms with Crippen molar-refractivity contribution in [3.05, 3.63) is 70.1 Å². The lowest BCUT2D eigenvalue weighted by Gasteiger charge is -2.04. The molecular weight excluding hydrogens is 393 g/mol. The number of hydrogen-bond donors (Lipinski definition) is 2. The zero-order valence-corrected chi connectivity index (χ0v) is 14.9. The molecule has 4 aromatic rings. The molecule has 0 amide bonds. The number of halogens is 4. The molecule has 0 spiro atoms. The molecule has 4 N–H and O–H groups in total. The molecule has 4 rings (SSSR count). The van der Waals surface area contributed by atoms with E-state index in [1.54, 1.807) is 18.2 Å². The van der Waals surface area contributed by atoms with Gasteiger partial charge in [-0.2, -0.15) is 19.7 Å². The number of fused-ring (bicyclic) bond motifs is 1. The first-order valence-corrected chi connectivity index (χ1v) is 8.41. The zero-order valence-electron chi connectivity index (χ0n) is 14.1. The van der Waals surface area contributed by atoms with E-state index >= 15 is 0 Å². The van der Waals surface area contributed by atoms with Crippen molar-refractivity contribution < 1.29 is 13.2 Å². The van der Waals surface area contributed by atoms with E-state index in [1.165, 1.54) is 10.7 Å². The van der Waals surface area contributed by atoms with Gasteiger partial charge in [0.05, 0.1) is 11.2 Å². The smallest absolute Gasteiger partial charge is 0.255 e. The summed E-state index contributed by atoms with van der Waals surface area (Å²) in [6, 6.07) is 7.82. The van der Waals surface area contributed by atoms with Crippen LogP contribution >= 0.6 is 11.6 Å². The third-order valence-electron chi connectivity index (χ3n) is 4.14. The van der Waals surface area contributed by atoms with Gasteiger partial charge in [0.1, 0.15) is 17.5 Å². The summed E-state index contributed by atoms with van der Waals surface area (Å²) >= 11 is 6.07. The number of benzene rings is 2. The predicted octanol–water partition coefficient (Wildman–Crippen LogP) is 3.64. The molecule has 0 aliphatic rings. The van der Waals surface area contributed by atoms with Crippen molar-refractivity contribution in [3.8, 4) is 5.95 Å². The lowest BCUT2D eigenvalue weighted by atomic mass is 10.1. The van der Waals surface area contributed by atoms with E-state index in [1.807, 2.05) is 0 Å². The van der Waals surface area contributed by atoms with E-state index in [-0.39, 0.29) is 29.7 Å². The number of nitrogen functional groups attached to an aromatic ring is 2. The first-order valence-electron chi connectivity index (χ1n) is 8.03. The highest BCUT2D eigenvalue weighted by Crippen LogP contribution is 2.28. The third kappa shape index (κ3) is 3.09. The Morgan fingerprint density at radius 2 is 1.61 bits per heavy atom. The van der Waals surface area contributed by atoms with Crippen LogP contribution in [0.2, 0.25) is 5.02 Å². The van der Waals surface area contributed by atoms with Crippen LogP contribution in [-0.4, -0.2) is 19.7 Å². The van der Waals surface area contributed by atoms with Crippen molar-refractivity contribution in [1.82, 2.24) is 19.7 Å². The lowest BCUT2D eigenvalue weighted by molar-refractivity contribution is 0.482. The summed E-state index contributed by atoms with van der Waals surface area (Å²) in [5, 5.41) is 5.25. The summed E-state index contributed by atoms with van der Waals surface area (Å²) in [5.74, 6) is -2.96. The molecule has 0 fully saturated rings. The molecule has 28 heavy (non-hydrogen) atoms. The van der Waals surface area contributed by atoms with Gasteiger partial charge >= 0.3 is 0 Å². The van der Waals surface area contributed by atoms with Crippen LogP contribution in [-0.2, 0) is 6.42 Å². The second kappa shape index (κ2) is 6.68. The minimum Gasteiger partial charge on any atom is -0.383 e. The highest BCUT2D eigenvalue weighted by molar-refractivity contribution is 6.31. The number of aromatic nitrogens is 4. The maximum atomic E-state index is 14.1. The van der Waals surface area contributed by atoms with Gasteiger partial charge in [-0.3, -0.25) is 0 Å². The predicted molar refractivity (Wildman–Crippen MR) is 99.6 cm³/mol. The van der Waals surface area contributed by atoms with E-state index in [0.717, 1.165) is 12.1 Å². The Kier molecular flexibility index (Phi) is 4.31. The molecule has 10 heteroatoms. The van der Waals surface area contributed by atoms with Crippen molar-refractivity contribution in [1.29, 1.82) is 0 Å². The second-order valence-corrected chi connectivity index (χ2v) is 6.47. The highest BCUT2D eigenvalue weighted by Gasteiger charge is 2.20. The van der Waals surface area contributed by atoms with Crippen LogP contribution in [0.4, 0.5) is 24.8 Å². The van der Waals surface area contributed by atoms with Crippen molar-refractivity contribution in [2.45, 2.75) is 6.42 Å². The molecule has 0 saturated heterocycles. The number of nitrogens with two attached hydrogens (primary N) is 2. The average Bonchev–Trinajstić information content (AvgIpc) is 2.99. The fraction of sp³-hybridized carbons (Fsp3) is 0.0556. The fourth-order valence-electron chi connectivity index (χ4n) is 2.90. The van der Waals surface area contributed by atoms with Gasteiger partial charge in [0.2, 0.25) is 0 Å². The maximum Gasteiger partial charge on any atom is 0.255 e. The van der Waals surface area contributed by atoms with E-state index in [9.17, 15) is 13.2 Å². The summed E-state index contributed by atoms with van der Waals surface area (Å²) in [7, 11) is 0. The average molecular weight is 405 g/mol. The standard InChI is InChI=1S/C18H12ClF3N6/c19-8-1-4-14-10(5-8)13(6-9-11(20)2-3-12(21)17(9)22)27-28(14)18-25-15(23)7-16(24)26-18/h1-5,7H,6H2,(H4,23,24,25,26). The normalized spacial score (nSPS) is 11.3. The summed E-state index contributed by atoms with van der Waals surface area (Å²) in [6.45, 7) is 0. The third-order valence-corrected chi connectivity index (χ3v) is 4.38. The van der Waals surface area contributed by atoms with Crippen molar-refractivity contribution >= 4 is 34.1 Å². The molecule has 0 bridgehead atoms. The van der Waals surface area contributed by atoms with Gasteiger partial charge < -0.3 is 11.5 Å². The Balaban J connectivity index is 1.93. The summed E-state index contributed by atoms with van der Waals surface area (Å²) < 4.78 is 43.1. The fourth-order valence-corrected chi connectivity index (χ4v) is 3.07. The molecule has 0 aliphatic carbocycles. The highest BCUT2D eigenvalue weighted by atomic mass is 35.5. The van der Waals surface area contributed by atoms with Crippen molar-refractivity contribution in [3.63, 3.8) is 0 Å². The Hall–Kier alpha value is -3.33. The Bertz CT molecular complexity index is 1200. The van der Waals surface area contributed by atoms with Crippen LogP contribution in [0.15, 0.2) is 36.4 Å². The van der Waals surface area contributed by atoms with E-state index < -0.39 is 23.0 Å². The van der Waals surface area contributed by atoms with Gasteiger partial charge in [0.15, 0.2) is 11.6 Å². The first-order chi connectivity index (χ1) is 13.3. The van der Waals surface area contributed by atoms with Gasteiger partial charge in [-0.15, -0.1) is 0 Å². The molecule has 6 nitrogen and oxygen atoms in total. The van der Waals surface area contributed by atoms with Crippen LogP contribution in [0.5, 0.6) is 0 Å². The lowest BCUT2D eigenvalue weighted by Crippen LogP contribution is -2.08. The van der Waals surface area contributed by atoms with Crippen LogP contribution in [0, 0.1) is 17.5 Å². The molecule has 2 aromatic carbocycles. The molecule has 0 radical (unpaired) electrons. The number of nitrogens with zero attached hydrogens (tertiary/aromatic N) is 4. The quantitative estimate of drug-likeness (QED) is 0.508. The first kappa shape index (κ1) is 18.1. The monoisotopic (exact) mass is 404 g/mol. The van der Waals surface area contributed by atoms with Gasteiger partial charge in [0, 0.05) is 28.5 Å². The van der Waals surface area contributed by atoms with Crippen molar-refractivity contribution in [2.75, 3.05) is 11.5 Å². The maximum absolute atomic E-state index is 14.1. The SMILES string of the molecule is Nc1cc(N)nc(-n2nc(Cc3c(F)ccc(F)c3F)c3cc(Cl)ccc32)n1. The number of hydrogen-bond acceptors (Lipinski definition) is 5.